The number of hydrogen-bond donors (Lipinski definition) is 1. The summed E-state index contributed by atoms with van der Waals surface area (Å²) in [6.45, 7) is 2.59. The van der Waals surface area contributed by atoms with E-state index in [2.05, 4.69) is 0 Å². The minimum Gasteiger partial charge on any atom is -0.381 e. The molecule has 1 aromatic rings. The normalized spacial score (nSPS) is 15.2. The highest BCUT2D eigenvalue weighted by Gasteiger charge is 2.32. The lowest BCUT2D eigenvalue weighted by atomic mass is 9.93. The Morgan fingerprint density at radius 1 is 1.60 bits per heavy atom. The molecule has 0 fully saturated rings. The molecule has 2 N–H and O–H groups in total. The molecular weight excluding hydrogens is 213 g/mol. The average molecular weight is 231 g/mol. The highest BCUT2D eigenvalue weighted by Crippen LogP contribution is 2.34. The van der Waals surface area contributed by atoms with Crippen molar-refractivity contribution in [2.45, 2.75) is 25.4 Å². The highest BCUT2D eigenvalue weighted by atomic mass is 32.1. The van der Waals surface area contributed by atoms with Gasteiger partial charge in [0.25, 0.3) is 0 Å². The van der Waals surface area contributed by atoms with E-state index in [1.54, 1.807) is 11.3 Å². The molecule has 0 spiro atoms. The predicted octanol–water partition coefficient (Wildman–Crippen LogP) is 2.61. The van der Waals surface area contributed by atoms with Gasteiger partial charge in [0.1, 0.15) is 0 Å². The van der Waals surface area contributed by atoms with Crippen LogP contribution in [0.5, 0.6) is 0 Å². The summed E-state index contributed by atoms with van der Waals surface area (Å²) < 4.78 is 19.5. The fraction of sp³-hybridized carbons (Fsp3) is 0.636. The van der Waals surface area contributed by atoms with Crippen LogP contribution in [0.4, 0.5) is 4.39 Å². The quantitative estimate of drug-likeness (QED) is 0.816. The van der Waals surface area contributed by atoms with E-state index in [0.717, 1.165) is 10.4 Å². The first-order valence-corrected chi connectivity index (χ1v) is 5.94. The number of aryl methyl sites for hydroxylation is 1. The molecule has 0 aromatic carbocycles. The third kappa shape index (κ3) is 3.26. The van der Waals surface area contributed by atoms with E-state index in [-0.39, 0.29) is 6.61 Å². The van der Waals surface area contributed by atoms with Crippen LogP contribution in [-0.4, -0.2) is 20.3 Å². The molecule has 0 saturated carbocycles. The summed E-state index contributed by atoms with van der Waals surface area (Å²) >= 11 is 1.56. The number of methoxy groups -OCH3 is 1. The van der Waals surface area contributed by atoms with Crippen molar-refractivity contribution >= 4 is 11.3 Å². The molecule has 0 saturated heterocycles. The first-order valence-electron chi connectivity index (χ1n) is 5.06. The number of ether oxygens (including phenoxy) is 1. The van der Waals surface area contributed by atoms with Crippen LogP contribution < -0.4 is 5.73 Å². The summed E-state index contributed by atoms with van der Waals surface area (Å²) in [5.74, 6) is 0. The SMILES string of the molecule is COCC(F)(CCCN)c1csc(C)c1. The van der Waals surface area contributed by atoms with Gasteiger partial charge < -0.3 is 10.5 Å². The lowest BCUT2D eigenvalue weighted by Gasteiger charge is -2.23. The smallest absolute Gasteiger partial charge is 0.160 e. The molecule has 15 heavy (non-hydrogen) atoms. The Hall–Kier alpha value is -0.450. The minimum absolute atomic E-state index is 0.100. The molecule has 1 unspecified atom stereocenters. The fourth-order valence-electron chi connectivity index (χ4n) is 1.59. The zero-order valence-electron chi connectivity index (χ0n) is 9.25. The molecule has 0 aliphatic heterocycles. The molecule has 0 amide bonds. The molecule has 0 bridgehead atoms. The number of alkyl halides is 1. The average Bonchev–Trinajstić information content (AvgIpc) is 2.63. The molecule has 2 nitrogen and oxygen atoms in total. The van der Waals surface area contributed by atoms with E-state index in [1.807, 2.05) is 18.4 Å². The standard InChI is InChI=1S/C11H18FNOS/c1-9-6-10(7-15-9)11(12,8-14-2)4-3-5-13/h6-7H,3-5,8,13H2,1-2H3. The summed E-state index contributed by atoms with van der Waals surface area (Å²) in [5.41, 5.74) is 4.76. The first-order chi connectivity index (χ1) is 7.12. The number of rotatable bonds is 6. The van der Waals surface area contributed by atoms with Gasteiger partial charge in [0.15, 0.2) is 5.67 Å². The second-order valence-corrected chi connectivity index (χ2v) is 4.85. The van der Waals surface area contributed by atoms with Crippen molar-refractivity contribution in [3.63, 3.8) is 0 Å². The van der Waals surface area contributed by atoms with E-state index < -0.39 is 5.67 Å². The van der Waals surface area contributed by atoms with Gasteiger partial charge in [-0.15, -0.1) is 11.3 Å². The first kappa shape index (κ1) is 12.6. The molecule has 0 aliphatic rings. The minimum atomic E-state index is -1.38. The Bertz CT molecular complexity index is 303. The number of nitrogens with two attached hydrogens (primary N) is 1. The summed E-state index contributed by atoms with van der Waals surface area (Å²) in [5, 5.41) is 1.87. The predicted molar refractivity (Wildman–Crippen MR) is 62.0 cm³/mol. The molecule has 0 aliphatic carbocycles. The van der Waals surface area contributed by atoms with Crippen molar-refractivity contribution in [1.29, 1.82) is 0 Å². The molecule has 1 aromatic heterocycles. The maximum Gasteiger partial charge on any atom is 0.160 e. The Labute approximate surface area is 94.2 Å². The topological polar surface area (TPSA) is 35.2 Å². The van der Waals surface area contributed by atoms with Gasteiger partial charge in [0, 0.05) is 17.6 Å². The number of halogens is 1. The lowest BCUT2D eigenvalue weighted by Crippen LogP contribution is -2.26. The second kappa shape index (κ2) is 5.58. The largest absolute Gasteiger partial charge is 0.381 e. The van der Waals surface area contributed by atoms with Crippen LogP contribution in [0.1, 0.15) is 23.3 Å². The summed E-state index contributed by atoms with van der Waals surface area (Å²) in [7, 11) is 1.52. The van der Waals surface area contributed by atoms with Crippen LogP contribution in [0.15, 0.2) is 11.4 Å². The van der Waals surface area contributed by atoms with Crippen LogP contribution in [0, 0.1) is 6.92 Å². The maximum atomic E-state index is 14.6. The Morgan fingerprint density at radius 3 is 2.80 bits per heavy atom. The molecule has 1 rings (SSSR count). The van der Waals surface area contributed by atoms with E-state index in [4.69, 9.17) is 10.5 Å². The lowest BCUT2D eigenvalue weighted by molar-refractivity contribution is 0.0307. The maximum absolute atomic E-state index is 14.6. The molecule has 4 heteroatoms. The van der Waals surface area contributed by atoms with Crippen molar-refractivity contribution in [3.05, 3.63) is 21.9 Å². The monoisotopic (exact) mass is 231 g/mol. The summed E-state index contributed by atoms with van der Waals surface area (Å²) in [6.07, 6.45) is 1.10. The number of thiophene rings is 1. The van der Waals surface area contributed by atoms with Crippen molar-refractivity contribution in [1.82, 2.24) is 0 Å². The molecular formula is C11H18FNOS. The number of hydrogen-bond acceptors (Lipinski definition) is 3. The van der Waals surface area contributed by atoms with Crippen molar-refractivity contribution in [2.75, 3.05) is 20.3 Å². The Balaban J connectivity index is 2.79. The molecule has 1 heterocycles. The Morgan fingerprint density at radius 2 is 2.33 bits per heavy atom. The van der Waals surface area contributed by atoms with Crippen molar-refractivity contribution < 1.29 is 9.13 Å². The van der Waals surface area contributed by atoms with Crippen LogP contribution >= 0.6 is 11.3 Å². The highest BCUT2D eigenvalue weighted by molar-refractivity contribution is 7.10. The van der Waals surface area contributed by atoms with Gasteiger partial charge in [-0.3, -0.25) is 0 Å². The van der Waals surface area contributed by atoms with E-state index in [0.29, 0.717) is 19.4 Å². The molecule has 1 atom stereocenters. The van der Waals surface area contributed by atoms with Crippen LogP contribution in [0.3, 0.4) is 0 Å². The van der Waals surface area contributed by atoms with Crippen LogP contribution in [0.2, 0.25) is 0 Å². The van der Waals surface area contributed by atoms with Gasteiger partial charge in [-0.1, -0.05) is 0 Å². The zero-order chi connectivity index (χ0) is 11.3. The summed E-state index contributed by atoms with van der Waals surface area (Å²) in [4.78, 5) is 1.12. The van der Waals surface area contributed by atoms with Gasteiger partial charge in [0.05, 0.1) is 6.61 Å². The fourth-order valence-corrected chi connectivity index (χ4v) is 2.38. The van der Waals surface area contributed by atoms with Gasteiger partial charge in [-0.2, -0.15) is 0 Å². The van der Waals surface area contributed by atoms with E-state index >= 15 is 0 Å². The molecule has 0 radical (unpaired) electrons. The zero-order valence-corrected chi connectivity index (χ0v) is 10.1. The second-order valence-electron chi connectivity index (χ2n) is 3.74. The van der Waals surface area contributed by atoms with E-state index in [9.17, 15) is 4.39 Å². The third-order valence-electron chi connectivity index (χ3n) is 2.40. The van der Waals surface area contributed by atoms with E-state index in [1.165, 1.54) is 7.11 Å². The van der Waals surface area contributed by atoms with Gasteiger partial charge in [-0.25, -0.2) is 4.39 Å². The van der Waals surface area contributed by atoms with Gasteiger partial charge in [-0.05, 0) is 37.8 Å². The Kier molecular flexibility index (Phi) is 4.70. The van der Waals surface area contributed by atoms with Crippen molar-refractivity contribution in [2.24, 2.45) is 5.73 Å². The van der Waals surface area contributed by atoms with Crippen LogP contribution in [0.25, 0.3) is 0 Å². The van der Waals surface area contributed by atoms with Crippen molar-refractivity contribution in [3.8, 4) is 0 Å². The summed E-state index contributed by atoms with van der Waals surface area (Å²) in [6, 6.07) is 1.89. The van der Waals surface area contributed by atoms with Gasteiger partial charge >= 0.3 is 0 Å². The third-order valence-corrected chi connectivity index (χ3v) is 3.26. The van der Waals surface area contributed by atoms with Crippen LogP contribution in [-0.2, 0) is 10.4 Å². The molecule has 86 valence electrons. The van der Waals surface area contributed by atoms with Gasteiger partial charge in [0.2, 0.25) is 0 Å².